The van der Waals surface area contributed by atoms with Crippen LogP contribution in [0.1, 0.15) is 10.6 Å². The summed E-state index contributed by atoms with van der Waals surface area (Å²) in [4.78, 5) is 21.5. The van der Waals surface area contributed by atoms with Gasteiger partial charge in [0.2, 0.25) is 0 Å². The lowest BCUT2D eigenvalue weighted by atomic mass is 10.2. The topological polar surface area (TPSA) is 98.4 Å². The summed E-state index contributed by atoms with van der Waals surface area (Å²) in [6.45, 7) is 7.04. The molecule has 1 amide bonds. The zero-order valence-corrected chi connectivity index (χ0v) is 19.4. The summed E-state index contributed by atoms with van der Waals surface area (Å²) >= 11 is 0. The molecule has 2 aliphatic heterocycles. The molecule has 0 bridgehead atoms. The molecular weight excluding hydrogens is 436 g/mol. The molecule has 10 heteroatoms. The number of anilines is 2. The van der Waals surface area contributed by atoms with Crippen LogP contribution in [0.4, 0.5) is 11.6 Å². The number of aliphatic hydroxyl groups is 1. The van der Waals surface area contributed by atoms with Gasteiger partial charge in [0, 0.05) is 64.3 Å². The number of β-amino-alcohol motifs (C(OH)–C–C–N with tert-alkyl or cyclic N) is 1. The highest BCUT2D eigenvalue weighted by molar-refractivity contribution is 5.97. The molecule has 0 radical (unpaired) electrons. The summed E-state index contributed by atoms with van der Waals surface area (Å²) in [5.41, 5.74) is 0.595. The number of rotatable bonds is 6. The van der Waals surface area contributed by atoms with Gasteiger partial charge in [-0.1, -0.05) is 12.1 Å². The Labute approximate surface area is 198 Å². The molecule has 3 aromatic rings. The largest absolute Gasteiger partial charge is 0.493 e. The number of aromatic nitrogens is 2. The van der Waals surface area contributed by atoms with Crippen molar-refractivity contribution in [2.45, 2.75) is 0 Å². The van der Waals surface area contributed by atoms with Crippen molar-refractivity contribution in [1.82, 2.24) is 20.0 Å². The van der Waals surface area contributed by atoms with Crippen LogP contribution in [-0.2, 0) is 0 Å². The minimum atomic E-state index is -0.111. The molecule has 2 fully saturated rings. The third kappa shape index (κ3) is 4.51. The van der Waals surface area contributed by atoms with Crippen LogP contribution >= 0.6 is 0 Å². The van der Waals surface area contributed by atoms with E-state index < -0.39 is 0 Å². The van der Waals surface area contributed by atoms with E-state index >= 15 is 0 Å². The Bertz CT molecular complexity index is 1120. The van der Waals surface area contributed by atoms with E-state index in [9.17, 15) is 4.79 Å². The maximum atomic E-state index is 13.0. The third-order valence-electron chi connectivity index (χ3n) is 6.58. The minimum absolute atomic E-state index is 0.111. The molecule has 180 valence electrons. The van der Waals surface area contributed by atoms with Gasteiger partial charge in [0.25, 0.3) is 5.91 Å². The van der Waals surface area contributed by atoms with E-state index in [1.54, 1.807) is 13.2 Å². The van der Waals surface area contributed by atoms with E-state index in [4.69, 9.17) is 14.3 Å². The van der Waals surface area contributed by atoms with Crippen LogP contribution in [0.3, 0.4) is 0 Å². The van der Waals surface area contributed by atoms with Crippen LogP contribution < -0.4 is 14.5 Å². The second-order valence-corrected chi connectivity index (χ2v) is 8.57. The number of benzene rings is 1. The zero-order valence-electron chi connectivity index (χ0n) is 19.4. The predicted octanol–water partition coefficient (Wildman–Crippen LogP) is 1.31. The third-order valence-corrected chi connectivity index (χ3v) is 6.58. The second-order valence-electron chi connectivity index (χ2n) is 8.57. The molecule has 2 saturated heterocycles. The zero-order chi connectivity index (χ0) is 23.5. The molecule has 34 heavy (non-hydrogen) atoms. The summed E-state index contributed by atoms with van der Waals surface area (Å²) in [5.74, 6) is 2.54. The van der Waals surface area contributed by atoms with Gasteiger partial charge in [0.15, 0.2) is 28.7 Å². The Kier molecular flexibility index (Phi) is 6.50. The van der Waals surface area contributed by atoms with Crippen LogP contribution in [0.15, 0.2) is 40.8 Å². The van der Waals surface area contributed by atoms with Crippen molar-refractivity contribution in [3.05, 3.63) is 42.2 Å². The van der Waals surface area contributed by atoms with Crippen LogP contribution in [-0.4, -0.2) is 104 Å². The number of nitrogens with zero attached hydrogens (tertiary/aromatic N) is 6. The van der Waals surface area contributed by atoms with Gasteiger partial charge in [-0.25, -0.2) is 0 Å². The highest BCUT2D eigenvalue weighted by atomic mass is 16.5. The lowest BCUT2D eigenvalue weighted by molar-refractivity contribution is 0.0716. The Morgan fingerprint density at radius 3 is 2.21 bits per heavy atom. The lowest BCUT2D eigenvalue weighted by Gasteiger charge is -2.36. The Hall–Kier alpha value is -3.37. The van der Waals surface area contributed by atoms with Crippen LogP contribution in [0, 0.1) is 0 Å². The van der Waals surface area contributed by atoms with Crippen molar-refractivity contribution in [3.63, 3.8) is 0 Å². The molecule has 2 aromatic heterocycles. The number of hydrogen-bond acceptors (Lipinski definition) is 9. The van der Waals surface area contributed by atoms with Gasteiger partial charge in [-0.15, -0.1) is 10.2 Å². The number of fused-ring (bicyclic) bond motifs is 1. The molecule has 0 aliphatic carbocycles. The number of carbonyl (C=O) groups excluding carboxylic acids is 1. The second kappa shape index (κ2) is 9.86. The van der Waals surface area contributed by atoms with E-state index in [-0.39, 0.29) is 12.5 Å². The Balaban J connectivity index is 1.17. The number of ether oxygens (including phenoxy) is 1. The maximum absolute atomic E-state index is 13.0. The van der Waals surface area contributed by atoms with Crippen molar-refractivity contribution in [1.29, 1.82) is 0 Å². The summed E-state index contributed by atoms with van der Waals surface area (Å²) < 4.78 is 11.2. The molecule has 1 N–H and O–H groups in total. The Morgan fingerprint density at radius 2 is 1.62 bits per heavy atom. The van der Waals surface area contributed by atoms with Gasteiger partial charge in [0.05, 0.1) is 13.7 Å². The molecular formula is C24H30N6O4. The monoisotopic (exact) mass is 466 g/mol. The highest BCUT2D eigenvalue weighted by Crippen LogP contribution is 2.29. The first-order chi connectivity index (χ1) is 16.7. The van der Waals surface area contributed by atoms with E-state index in [2.05, 4.69) is 24.9 Å². The van der Waals surface area contributed by atoms with Gasteiger partial charge < -0.3 is 29.0 Å². The first-order valence-electron chi connectivity index (χ1n) is 11.7. The normalized spacial score (nSPS) is 17.4. The van der Waals surface area contributed by atoms with Gasteiger partial charge in [-0.2, -0.15) is 0 Å². The molecule has 0 atom stereocenters. The highest BCUT2D eigenvalue weighted by Gasteiger charge is 2.26. The molecule has 0 spiro atoms. The molecule has 2 aliphatic rings. The number of methoxy groups -OCH3 is 1. The average Bonchev–Trinajstić information content (AvgIpc) is 3.34. The number of hydrogen-bond donors (Lipinski definition) is 1. The predicted molar refractivity (Wildman–Crippen MR) is 129 cm³/mol. The fourth-order valence-corrected chi connectivity index (χ4v) is 4.59. The SMILES string of the molecule is COc1cccc2cc(C(=O)N3CCN(c4ccc(N5CCN(CCO)CC5)nn4)CC3)oc12. The van der Waals surface area contributed by atoms with E-state index in [0.717, 1.165) is 49.7 Å². The van der Waals surface area contributed by atoms with Gasteiger partial charge in [0.1, 0.15) is 0 Å². The molecule has 1 aromatic carbocycles. The van der Waals surface area contributed by atoms with Gasteiger partial charge >= 0.3 is 0 Å². The van der Waals surface area contributed by atoms with Crippen LogP contribution in [0.2, 0.25) is 0 Å². The molecule has 0 unspecified atom stereocenters. The number of aliphatic hydroxyl groups excluding tert-OH is 1. The summed E-state index contributed by atoms with van der Waals surface area (Å²) in [6, 6.07) is 11.4. The standard InChI is InChI=1S/C24H30N6O4/c1-33-19-4-2-3-18-17-20(34-23(18)19)24(32)30-13-11-29(12-14-30)22-6-5-21(25-26-22)28-9-7-27(8-10-28)15-16-31/h2-6,17,31H,7-16H2,1H3. The molecule has 5 rings (SSSR count). The van der Waals surface area contributed by atoms with Crippen molar-refractivity contribution in [2.24, 2.45) is 0 Å². The van der Waals surface area contributed by atoms with Crippen LogP contribution in [0.25, 0.3) is 11.0 Å². The first kappa shape index (κ1) is 22.4. The number of amides is 1. The average molecular weight is 467 g/mol. The molecule has 0 saturated carbocycles. The number of piperazine rings is 2. The van der Waals surface area contributed by atoms with Crippen molar-refractivity contribution in [2.75, 3.05) is 82.4 Å². The minimum Gasteiger partial charge on any atom is -0.493 e. The Morgan fingerprint density at radius 1 is 0.971 bits per heavy atom. The molecule has 10 nitrogen and oxygen atoms in total. The van der Waals surface area contributed by atoms with Crippen LogP contribution in [0.5, 0.6) is 5.75 Å². The first-order valence-corrected chi connectivity index (χ1v) is 11.7. The number of carbonyl (C=O) groups is 1. The quantitative estimate of drug-likeness (QED) is 0.576. The van der Waals surface area contributed by atoms with Crippen molar-refractivity contribution in [3.8, 4) is 5.75 Å². The van der Waals surface area contributed by atoms with E-state index in [0.29, 0.717) is 43.3 Å². The number of para-hydroxylation sites is 1. The van der Waals surface area contributed by atoms with E-state index in [1.165, 1.54) is 0 Å². The lowest BCUT2D eigenvalue weighted by Crippen LogP contribution is -2.49. The summed E-state index contributed by atoms with van der Waals surface area (Å²) in [7, 11) is 1.59. The summed E-state index contributed by atoms with van der Waals surface area (Å²) in [5, 5.41) is 18.9. The van der Waals surface area contributed by atoms with Crippen molar-refractivity contribution >= 4 is 28.5 Å². The smallest absolute Gasteiger partial charge is 0.289 e. The molecule has 4 heterocycles. The number of furan rings is 1. The summed E-state index contributed by atoms with van der Waals surface area (Å²) in [6.07, 6.45) is 0. The van der Waals surface area contributed by atoms with Crippen molar-refractivity contribution < 1.29 is 19.1 Å². The van der Waals surface area contributed by atoms with Gasteiger partial charge in [-0.05, 0) is 24.3 Å². The fourth-order valence-electron chi connectivity index (χ4n) is 4.59. The maximum Gasteiger partial charge on any atom is 0.289 e. The fraction of sp³-hybridized carbons (Fsp3) is 0.458. The van der Waals surface area contributed by atoms with E-state index in [1.807, 2.05) is 35.2 Å². The van der Waals surface area contributed by atoms with Gasteiger partial charge in [-0.3, -0.25) is 9.69 Å².